The lowest BCUT2D eigenvalue weighted by atomic mass is 10.3. The number of amides is 1. The first kappa shape index (κ1) is 8.67. The number of carboxylic acid groups (broad SMARTS) is 1. The predicted molar refractivity (Wildman–Crippen MR) is 43.4 cm³/mol. The van der Waals surface area contributed by atoms with Crippen molar-refractivity contribution in [1.29, 1.82) is 0 Å². The Morgan fingerprint density at radius 3 is 2.71 bits per heavy atom. The molecule has 1 amide bonds. The number of hydrogen-bond acceptors (Lipinski definition) is 4. The largest absolute Gasteiger partial charge is 0.480 e. The third-order valence-electron chi connectivity index (χ3n) is 2.14. The maximum Gasteiger partial charge on any atom is 0.329 e. The summed E-state index contributed by atoms with van der Waals surface area (Å²) >= 11 is 0. The van der Waals surface area contributed by atoms with Gasteiger partial charge in [-0.2, -0.15) is 5.10 Å². The van der Waals surface area contributed by atoms with E-state index in [0.717, 1.165) is 0 Å². The summed E-state index contributed by atoms with van der Waals surface area (Å²) in [5, 5.41) is 17.0. The van der Waals surface area contributed by atoms with E-state index in [2.05, 4.69) is 20.5 Å². The summed E-state index contributed by atoms with van der Waals surface area (Å²) < 4.78 is 0. The number of aromatic amines is 1. The van der Waals surface area contributed by atoms with Crippen molar-refractivity contribution in [1.82, 2.24) is 20.5 Å². The first-order valence-electron chi connectivity index (χ1n) is 4.05. The zero-order chi connectivity index (χ0) is 10.2. The molecule has 1 fully saturated rings. The van der Waals surface area contributed by atoms with Crippen LogP contribution in [0.1, 0.15) is 23.5 Å². The number of carbonyl (C=O) groups is 2. The van der Waals surface area contributed by atoms with Gasteiger partial charge in [0.1, 0.15) is 11.9 Å². The highest BCUT2D eigenvalue weighted by Gasteiger charge is 2.51. The SMILES string of the molecule is O=C(NC1(C(=O)O)CC1)c1ncn[nH]1. The molecule has 3 N–H and O–H groups in total. The minimum absolute atomic E-state index is 0.0255. The van der Waals surface area contributed by atoms with E-state index >= 15 is 0 Å². The van der Waals surface area contributed by atoms with Crippen molar-refractivity contribution in [2.45, 2.75) is 18.4 Å². The van der Waals surface area contributed by atoms with Gasteiger partial charge in [0.15, 0.2) is 0 Å². The van der Waals surface area contributed by atoms with Gasteiger partial charge in [-0.25, -0.2) is 9.78 Å². The van der Waals surface area contributed by atoms with E-state index in [1.165, 1.54) is 6.33 Å². The highest BCUT2D eigenvalue weighted by Crippen LogP contribution is 2.35. The van der Waals surface area contributed by atoms with Crippen LogP contribution in [0.15, 0.2) is 6.33 Å². The predicted octanol–water partition coefficient (Wildman–Crippen LogP) is -0.848. The van der Waals surface area contributed by atoms with Gasteiger partial charge < -0.3 is 10.4 Å². The number of aromatic nitrogens is 3. The number of nitrogens with zero attached hydrogens (tertiary/aromatic N) is 2. The van der Waals surface area contributed by atoms with Gasteiger partial charge in [-0.05, 0) is 12.8 Å². The molecule has 0 spiro atoms. The molecular formula is C7H8N4O3. The lowest BCUT2D eigenvalue weighted by molar-refractivity contribution is -0.140. The van der Waals surface area contributed by atoms with Crippen LogP contribution < -0.4 is 5.32 Å². The summed E-state index contributed by atoms with van der Waals surface area (Å²) in [6, 6.07) is 0. The Labute approximate surface area is 78.5 Å². The quantitative estimate of drug-likeness (QED) is 0.583. The van der Waals surface area contributed by atoms with E-state index in [4.69, 9.17) is 5.11 Å². The van der Waals surface area contributed by atoms with Crippen LogP contribution in [0.3, 0.4) is 0 Å². The Morgan fingerprint density at radius 1 is 1.57 bits per heavy atom. The average Bonchev–Trinajstić information content (AvgIpc) is 2.74. The first-order valence-corrected chi connectivity index (χ1v) is 4.05. The molecule has 0 saturated heterocycles. The normalized spacial score (nSPS) is 17.4. The molecule has 0 atom stereocenters. The van der Waals surface area contributed by atoms with Crippen LogP contribution in [0, 0.1) is 0 Å². The van der Waals surface area contributed by atoms with E-state index in [0.29, 0.717) is 12.8 Å². The van der Waals surface area contributed by atoms with Crippen molar-refractivity contribution >= 4 is 11.9 Å². The highest BCUT2D eigenvalue weighted by molar-refractivity contribution is 5.96. The zero-order valence-electron chi connectivity index (χ0n) is 7.15. The van der Waals surface area contributed by atoms with Crippen molar-refractivity contribution in [2.75, 3.05) is 0 Å². The summed E-state index contributed by atoms with van der Waals surface area (Å²) in [6.45, 7) is 0. The molecule has 0 radical (unpaired) electrons. The Hall–Kier alpha value is -1.92. The number of rotatable bonds is 3. The number of H-pyrrole nitrogens is 1. The van der Waals surface area contributed by atoms with Crippen LogP contribution in [0.25, 0.3) is 0 Å². The second-order valence-corrected chi connectivity index (χ2v) is 3.18. The first-order chi connectivity index (χ1) is 6.64. The Morgan fingerprint density at radius 2 is 2.29 bits per heavy atom. The Kier molecular flexibility index (Phi) is 1.73. The van der Waals surface area contributed by atoms with Crippen molar-refractivity contribution < 1.29 is 14.7 Å². The third kappa shape index (κ3) is 1.32. The molecule has 0 aromatic carbocycles. The summed E-state index contributed by atoms with van der Waals surface area (Å²) in [5.41, 5.74) is -1.08. The molecule has 1 saturated carbocycles. The van der Waals surface area contributed by atoms with E-state index < -0.39 is 17.4 Å². The van der Waals surface area contributed by atoms with E-state index in [-0.39, 0.29) is 5.82 Å². The second-order valence-electron chi connectivity index (χ2n) is 3.18. The molecule has 1 aromatic rings. The van der Waals surface area contributed by atoms with E-state index in [1.54, 1.807) is 0 Å². The number of nitrogens with one attached hydrogen (secondary N) is 2. The molecule has 0 aliphatic heterocycles. The molecular weight excluding hydrogens is 188 g/mol. The molecule has 1 aromatic heterocycles. The second kappa shape index (κ2) is 2.79. The van der Waals surface area contributed by atoms with Gasteiger partial charge in [-0.15, -0.1) is 0 Å². The highest BCUT2D eigenvalue weighted by atomic mass is 16.4. The van der Waals surface area contributed by atoms with Gasteiger partial charge in [0.05, 0.1) is 0 Å². The van der Waals surface area contributed by atoms with Gasteiger partial charge in [0.25, 0.3) is 5.91 Å². The number of carbonyl (C=O) groups excluding carboxylic acids is 1. The lowest BCUT2D eigenvalue weighted by Gasteiger charge is -2.10. The fraction of sp³-hybridized carbons (Fsp3) is 0.429. The van der Waals surface area contributed by atoms with Crippen molar-refractivity contribution in [2.24, 2.45) is 0 Å². The molecule has 1 aliphatic carbocycles. The monoisotopic (exact) mass is 196 g/mol. The molecule has 74 valence electrons. The lowest BCUT2D eigenvalue weighted by Crippen LogP contribution is -2.43. The van der Waals surface area contributed by atoms with Gasteiger partial charge in [0, 0.05) is 0 Å². The minimum Gasteiger partial charge on any atom is -0.480 e. The molecule has 7 heteroatoms. The third-order valence-corrected chi connectivity index (χ3v) is 2.14. The van der Waals surface area contributed by atoms with Gasteiger partial charge >= 0.3 is 5.97 Å². The molecule has 14 heavy (non-hydrogen) atoms. The Bertz CT molecular complexity index is 368. The van der Waals surface area contributed by atoms with Crippen LogP contribution in [-0.4, -0.2) is 37.7 Å². The molecule has 2 rings (SSSR count). The molecule has 0 unspecified atom stereocenters. The van der Waals surface area contributed by atoms with Gasteiger partial charge in [-0.3, -0.25) is 9.89 Å². The van der Waals surface area contributed by atoms with E-state index in [1.807, 2.05) is 0 Å². The average molecular weight is 196 g/mol. The number of hydrogen-bond donors (Lipinski definition) is 3. The fourth-order valence-corrected chi connectivity index (χ4v) is 1.11. The standard InChI is InChI=1S/C7H8N4O3/c12-5(4-8-3-9-11-4)10-7(1-2-7)6(13)14/h3H,1-2H2,(H,10,12)(H,13,14)(H,8,9,11). The minimum atomic E-state index is -1.08. The van der Waals surface area contributed by atoms with Crippen molar-refractivity contribution in [3.05, 3.63) is 12.2 Å². The fourth-order valence-electron chi connectivity index (χ4n) is 1.11. The molecule has 1 aliphatic rings. The van der Waals surface area contributed by atoms with Crippen molar-refractivity contribution in [3.8, 4) is 0 Å². The molecule has 7 nitrogen and oxygen atoms in total. The van der Waals surface area contributed by atoms with E-state index in [9.17, 15) is 9.59 Å². The van der Waals surface area contributed by atoms with Crippen LogP contribution in [0.2, 0.25) is 0 Å². The smallest absolute Gasteiger partial charge is 0.329 e. The van der Waals surface area contributed by atoms with Crippen LogP contribution in [0.5, 0.6) is 0 Å². The number of carboxylic acids is 1. The molecule has 0 bridgehead atoms. The Balaban J connectivity index is 2.06. The summed E-state index contributed by atoms with van der Waals surface area (Å²) in [4.78, 5) is 25.7. The van der Waals surface area contributed by atoms with Crippen LogP contribution in [0.4, 0.5) is 0 Å². The van der Waals surface area contributed by atoms with Crippen LogP contribution >= 0.6 is 0 Å². The summed E-state index contributed by atoms with van der Waals surface area (Å²) in [7, 11) is 0. The molecule has 1 heterocycles. The topological polar surface area (TPSA) is 108 Å². The van der Waals surface area contributed by atoms with Gasteiger partial charge in [-0.1, -0.05) is 0 Å². The summed E-state index contributed by atoms with van der Waals surface area (Å²) in [6.07, 6.45) is 2.11. The van der Waals surface area contributed by atoms with Crippen LogP contribution in [-0.2, 0) is 4.79 Å². The summed E-state index contributed by atoms with van der Waals surface area (Å²) in [5.74, 6) is -1.52. The maximum atomic E-state index is 11.4. The van der Waals surface area contributed by atoms with Crippen molar-refractivity contribution in [3.63, 3.8) is 0 Å². The number of aliphatic carboxylic acids is 1. The zero-order valence-corrected chi connectivity index (χ0v) is 7.15. The van der Waals surface area contributed by atoms with Gasteiger partial charge in [0.2, 0.25) is 5.82 Å². The maximum absolute atomic E-state index is 11.4.